The molecule has 3 saturated heterocycles. The third-order valence-electron chi connectivity index (χ3n) is 6.98. The van der Waals surface area contributed by atoms with Crippen LogP contribution in [0.4, 0.5) is 0 Å². The van der Waals surface area contributed by atoms with Gasteiger partial charge < -0.3 is 26.0 Å². The number of carboxylic acids is 1. The van der Waals surface area contributed by atoms with E-state index in [1.54, 1.807) is 0 Å². The first-order valence-corrected chi connectivity index (χ1v) is 12.0. The number of piperidine rings is 3. The molecule has 3 fully saturated rings. The van der Waals surface area contributed by atoms with Crippen molar-refractivity contribution in [3.05, 3.63) is 35.4 Å². The van der Waals surface area contributed by atoms with Crippen molar-refractivity contribution in [1.82, 2.24) is 15.1 Å². The number of fused-ring (bicyclic) bond motifs is 4. The summed E-state index contributed by atoms with van der Waals surface area (Å²) >= 11 is 0. The Morgan fingerprint density at radius 2 is 1.76 bits per heavy atom. The van der Waals surface area contributed by atoms with Crippen molar-refractivity contribution in [3.63, 3.8) is 0 Å². The Morgan fingerprint density at radius 1 is 1.12 bits per heavy atom. The molecule has 186 valence electrons. The lowest BCUT2D eigenvalue weighted by molar-refractivity contribution is -0.152. The zero-order chi connectivity index (χ0) is 24.8. The molecular weight excluding hydrogens is 436 g/mol. The zero-order valence-electron chi connectivity index (χ0n) is 20.0. The van der Waals surface area contributed by atoms with E-state index in [4.69, 9.17) is 15.6 Å². The molecule has 0 aromatic heterocycles. The van der Waals surface area contributed by atoms with Crippen LogP contribution in [0.1, 0.15) is 55.5 Å². The Kier molecular flexibility index (Phi) is 8.66. The minimum absolute atomic E-state index is 0.0366. The molecule has 3 aliphatic rings. The number of carbonyl (C=O) groups excluding carboxylic acids is 3. The van der Waals surface area contributed by atoms with Gasteiger partial charge in [0.1, 0.15) is 0 Å². The van der Waals surface area contributed by atoms with Crippen molar-refractivity contribution in [2.75, 3.05) is 26.2 Å². The maximum absolute atomic E-state index is 13.2. The normalized spacial score (nSPS) is 25.6. The molecule has 4 atom stereocenters. The molecule has 3 heterocycles. The highest BCUT2D eigenvalue weighted by Gasteiger charge is 2.50. The Morgan fingerprint density at radius 3 is 2.38 bits per heavy atom. The molecule has 4 rings (SSSR count). The first-order chi connectivity index (χ1) is 16.2. The van der Waals surface area contributed by atoms with Crippen LogP contribution in [0.15, 0.2) is 24.3 Å². The molecule has 3 amide bonds. The number of likely N-dealkylation sites (tertiary alicyclic amines) is 1. The van der Waals surface area contributed by atoms with Crippen molar-refractivity contribution in [2.24, 2.45) is 17.6 Å². The average molecular weight is 473 g/mol. The van der Waals surface area contributed by atoms with Gasteiger partial charge in [0.25, 0.3) is 11.9 Å². The lowest BCUT2D eigenvalue weighted by Gasteiger charge is -2.56. The second-order valence-electron chi connectivity index (χ2n) is 9.49. The maximum Gasteiger partial charge on any atom is 0.300 e. The number of carbonyl (C=O) groups is 4. The number of nitrogens with one attached hydrogen (secondary N) is 1. The quantitative estimate of drug-likeness (QED) is 0.591. The van der Waals surface area contributed by atoms with Gasteiger partial charge >= 0.3 is 0 Å². The largest absolute Gasteiger partial charge is 0.481 e. The second-order valence-corrected chi connectivity index (χ2v) is 9.49. The Labute approximate surface area is 200 Å². The number of hydrogen-bond acceptors (Lipinski definition) is 5. The predicted octanol–water partition coefficient (Wildman–Crippen LogP) is 1.26. The summed E-state index contributed by atoms with van der Waals surface area (Å²) in [6, 6.07) is 7.87. The van der Waals surface area contributed by atoms with Gasteiger partial charge in [-0.1, -0.05) is 12.1 Å². The van der Waals surface area contributed by atoms with Gasteiger partial charge in [0.15, 0.2) is 0 Å². The van der Waals surface area contributed by atoms with Crippen LogP contribution in [0.5, 0.6) is 0 Å². The number of carboxylic acid groups (broad SMARTS) is 1. The fraction of sp³-hybridized carbons (Fsp3) is 0.600. The summed E-state index contributed by atoms with van der Waals surface area (Å²) in [7, 11) is 0. The summed E-state index contributed by atoms with van der Waals surface area (Å²) in [5.74, 6) is -0.166. The van der Waals surface area contributed by atoms with Gasteiger partial charge in [-0.15, -0.1) is 0 Å². The SMILES string of the molecule is CC(=O)NC[C@H]1[C@H]2C[C@H](CN(C(=O)c3ccc(CCN)cc3)C2)[C@@H]2CCCC(=O)N21.CC(=O)O. The zero-order valence-corrected chi connectivity index (χ0v) is 20.0. The van der Waals surface area contributed by atoms with E-state index in [1.165, 1.54) is 6.92 Å². The van der Waals surface area contributed by atoms with Crippen LogP contribution in [0.3, 0.4) is 0 Å². The number of hydrogen-bond donors (Lipinski definition) is 3. The molecule has 0 saturated carbocycles. The van der Waals surface area contributed by atoms with Crippen molar-refractivity contribution < 1.29 is 24.3 Å². The molecule has 1 aromatic carbocycles. The number of aliphatic carboxylic acids is 1. The van der Waals surface area contributed by atoms with E-state index in [-0.39, 0.29) is 35.7 Å². The number of nitrogens with zero attached hydrogens (tertiary/aromatic N) is 2. The minimum atomic E-state index is -0.833. The van der Waals surface area contributed by atoms with Crippen molar-refractivity contribution in [2.45, 2.75) is 58.0 Å². The Bertz CT molecular complexity index is 899. The Balaban J connectivity index is 0.000000751. The topological polar surface area (TPSA) is 133 Å². The summed E-state index contributed by atoms with van der Waals surface area (Å²) in [5, 5.41) is 10.3. The highest BCUT2D eigenvalue weighted by Crippen LogP contribution is 2.41. The summed E-state index contributed by atoms with van der Waals surface area (Å²) in [6.07, 6.45) is 4.29. The van der Waals surface area contributed by atoms with E-state index in [0.29, 0.717) is 44.1 Å². The molecular formula is C25H36N4O5. The molecule has 9 heteroatoms. The van der Waals surface area contributed by atoms with Gasteiger partial charge in [-0.3, -0.25) is 19.2 Å². The molecule has 0 aliphatic carbocycles. The lowest BCUT2D eigenvalue weighted by atomic mass is 9.72. The number of benzene rings is 1. The van der Waals surface area contributed by atoms with E-state index < -0.39 is 5.97 Å². The number of rotatable bonds is 5. The second kappa shape index (κ2) is 11.5. The smallest absolute Gasteiger partial charge is 0.300 e. The van der Waals surface area contributed by atoms with Gasteiger partial charge in [0, 0.05) is 51.5 Å². The summed E-state index contributed by atoms with van der Waals surface area (Å²) in [6.45, 7) is 4.97. The minimum Gasteiger partial charge on any atom is -0.481 e. The van der Waals surface area contributed by atoms with E-state index in [1.807, 2.05) is 29.2 Å². The average Bonchev–Trinajstić information content (AvgIpc) is 2.79. The van der Waals surface area contributed by atoms with Crippen molar-refractivity contribution in [3.8, 4) is 0 Å². The predicted molar refractivity (Wildman–Crippen MR) is 127 cm³/mol. The van der Waals surface area contributed by atoms with Crippen LogP contribution in [-0.4, -0.2) is 76.9 Å². The molecule has 0 radical (unpaired) electrons. The molecule has 4 N–H and O–H groups in total. The van der Waals surface area contributed by atoms with Gasteiger partial charge in [-0.25, -0.2) is 0 Å². The van der Waals surface area contributed by atoms with E-state index in [9.17, 15) is 14.4 Å². The molecule has 1 aromatic rings. The van der Waals surface area contributed by atoms with Crippen LogP contribution >= 0.6 is 0 Å². The lowest BCUT2D eigenvalue weighted by Crippen LogP contribution is -2.67. The van der Waals surface area contributed by atoms with E-state index >= 15 is 0 Å². The third kappa shape index (κ3) is 6.14. The van der Waals surface area contributed by atoms with E-state index in [2.05, 4.69) is 10.2 Å². The third-order valence-corrected chi connectivity index (χ3v) is 6.98. The highest BCUT2D eigenvalue weighted by atomic mass is 16.4. The first-order valence-electron chi connectivity index (χ1n) is 12.0. The molecule has 34 heavy (non-hydrogen) atoms. The van der Waals surface area contributed by atoms with Gasteiger partial charge in [-0.05, 0) is 61.8 Å². The molecule has 3 aliphatic heterocycles. The van der Waals surface area contributed by atoms with Crippen molar-refractivity contribution >= 4 is 23.7 Å². The van der Waals surface area contributed by atoms with Gasteiger partial charge in [0.05, 0.1) is 6.04 Å². The standard InChI is InChI=1S/C23H32N4O3.C2H4O2/c1-15(28)25-12-21-19-11-18(20-3-2-4-22(29)27(20)21)13-26(14-19)23(30)17-7-5-16(6-8-17)9-10-24;1-2(3)4/h5-8,18-21H,2-4,9-14,24H2,1H3,(H,25,28);1H3,(H,3,4)/t18-,19+,20+,21+;/m1./s1. The number of nitrogens with two attached hydrogens (primary N) is 1. The first kappa shape index (κ1) is 25.7. The van der Waals surface area contributed by atoms with Crippen LogP contribution < -0.4 is 11.1 Å². The summed E-state index contributed by atoms with van der Waals surface area (Å²) in [4.78, 5) is 50.6. The molecule has 9 nitrogen and oxygen atoms in total. The molecule has 0 unspecified atom stereocenters. The van der Waals surface area contributed by atoms with Gasteiger partial charge in [0.2, 0.25) is 11.8 Å². The van der Waals surface area contributed by atoms with Crippen LogP contribution in [0.25, 0.3) is 0 Å². The summed E-state index contributed by atoms with van der Waals surface area (Å²) in [5.41, 5.74) is 7.45. The fourth-order valence-corrected chi connectivity index (χ4v) is 5.61. The van der Waals surface area contributed by atoms with Crippen molar-refractivity contribution in [1.29, 1.82) is 0 Å². The van der Waals surface area contributed by atoms with E-state index in [0.717, 1.165) is 38.2 Å². The van der Waals surface area contributed by atoms with Crippen LogP contribution in [0.2, 0.25) is 0 Å². The Hall–Kier alpha value is -2.94. The van der Waals surface area contributed by atoms with Crippen LogP contribution in [0, 0.1) is 11.8 Å². The highest BCUT2D eigenvalue weighted by molar-refractivity contribution is 5.94. The molecule has 0 spiro atoms. The van der Waals surface area contributed by atoms with Crippen LogP contribution in [-0.2, 0) is 20.8 Å². The fourth-order valence-electron chi connectivity index (χ4n) is 5.61. The van der Waals surface area contributed by atoms with Gasteiger partial charge in [-0.2, -0.15) is 0 Å². The molecule has 2 bridgehead atoms. The summed E-state index contributed by atoms with van der Waals surface area (Å²) < 4.78 is 0. The maximum atomic E-state index is 13.2. The monoisotopic (exact) mass is 472 g/mol. The number of amides is 3.